The van der Waals surface area contributed by atoms with Gasteiger partial charge in [-0.25, -0.2) is 9.59 Å². The van der Waals surface area contributed by atoms with Crippen LogP contribution in [0.3, 0.4) is 0 Å². The van der Waals surface area contributed by atoms with Crippen LogP contribution in [-0.4, -0.2) is 72.2 Å². The minimum absolute atomic E-state index is 0.0181. The van der Waals surface area contributed by atoms with Gasteiger partial charge in [-0.15, -0.1) is 0 Å². The molecule has 1 aliphatic carbocycles. The Balaban J connectivity index is 1.96. The zero-order valence-corrected chi connectivity index (χ0v) is 27.7. The Labute approximate surface area is 275 Å². The molecule has 2 atom stereocenters. The van der Waals surface area contributed by atoms with Crippen LogP contribution in [0.15, 0.2) is 24.3 Å². The molecule has 47 heavy (non-hydrogen) atoms. The smallest absolute Gasteiger partial charge is 0.407 e. The molecular formula is C32H49N7O8. The lowest BCUT2D eigenvalue weighted by Gasteiger charge is -2.42. The van der Waals surface area contributed by atoms with E-state index in [1.165, 1.54) is 13.8 Å². The van der Waals surface area contributed by atoms with E-state index < -0.39 is 41.6 Å². The molecule has 1 fully saturated rings. The molecule has 15 nitrogen and oxygen atoms in total. The summed E-state index contributed by atoms with van der Waals surface area (Å²) in [6.45, 7) is 6.85. The van der Waals surface area contributed by atoms with Crippen LogP contribution in [0.1, 0.15) is 84.6 Å². The van der Waals surface area contributed by atoms with Crippen molar-refractivity contribution in [1.82, 2.24) is 26.6 Å². The number of hydrogen-bond acceptors (Lipinski definition) is 8. The Bertz CT molecular complexity index is 1260. The van der Waals surface area contributed by atoms with Gasteiger partial charge in [-0.2, -0.15) is 0 Å². The second-order valence-electron chi connectivity index (χ2n) is 12.3. The normalized spacial score (nSPS) is 14.4. The number of anilines is 1. The molecule has 0 spiro atoms. The predicted molar refractivity (Wildman–Crippen MR) is 174 cm³/mol. The highest BCUT2D eigenvalue weighted by Gasteiger charge is 2.38. The molecule has 2 rings (SSSR count). The average Bonchev–Trinajstić information content (AvgIpc) is 2.97. The number of carbonyl (C=O) groups is 7. The maximum Gasteiger partial charge on any atom is 0.407 e. The molecule has 260 valence electrons. The third-order valence-corrected chi connectivity index (χ3v) is 7.71. The van der Waals surface area contributed by atoms with Crippen LogP contribution in [0.4, 0.5) is 15.3 Å². The van der Waals surface area contributed by atoms with Gasteiger partial charge in [0.15, 0.2) is 0 Å². The van der Waals surface area contributed by atoms with Crippen LogP contribution in [-0.2, 0) is 35.3 Å². The van der Waals surface area contributed by atoms with Crippen molar-refractivity contribution in [2.45, 2.75) is 103 Å². The number of ether oxygens (including phenoxy) is 1. The summed E-state index contributed by atoms with van der Waals surface area (Å²) < 4.78 is 5.29. The number of hydrogen-bond donors (Lipinski definition) is 7. The molecule has 0 bridgehead atoms. The van der Waals surface area contributed by atoms with E-state index >= 15 is 0 Å². The quantitative estimate of drug-likeness (QED) is 0.108. The Morgan fingerprint density at radius 2 is 1.57 bits per heavy atom. The summed E-state index contributed by atoms with van der Waals surface area (Å²) in [5.74, 6) is -1.91. The lowest BCUT2D eigenvalue weighted by Crippen LogP contribution is -2.59. The Morgan fingerprint density at radius 3 is 2.13 bits per heavy atom. The molecule has 0 aromatic heterocycles. The first-order valence-electron chi connectivity index (χ1n) is 15.9. The fourth-order valence-corrected chi connectivity index (χ4v) is 5.00. The zero-order chi connectivity index (χ0) is 35.0. The van der Waals surface area contributed by atoms with E-state index in [-0.39, 0.29) is 62.5 Å². The molecule has 7 amide bonds. The summed E-state index contributed by atoms with van der Waals surface area (Å²) in [5, 5.41) is 16.2. The fraction of sp³-hybridized carbons (Fsp3) is 0.594. The number of benzene rings is 1. The molecule has 0 saturated heterocycles. The van der Waals surface area contributed by atoms with E-state index in [1.54, 1.807) is 38.1 Å². The van der Waals surface area contributed by atoms with Crippen molar-refractivity contribution in [3.8, 4) is 0 Å². The third-order valence-electron chi connectivity index (χ3n) is 7.71. The molecule has 1 aromatic rings. The number of urea groups is 1. The average molecular weight is 660 g/mol. The Morgan fingerprint density at radius 1 is 0.894 bits per heavy atom. The first kappa shape index (κ1) is 38.5. The molecule has 0 heterocycles. The van der Waals surface area contributed by atoms with E-state index in [4.69, 9.17) is 10.5 Å². The Kier molecular flexibility index (Phi) is 15.6. The maximum atomic E-state index is 13.3. The number of nitrogens with two attached hydrogens (primary N) is 1. The fourth-order valence-electron chi connectivity index (χ4n) is 5.00. The lowest BCUT2D eigenvalue weighted by atomic mass is 9.76. The van der Waals surface area contributed by atoms with Gasteiger partial charge in [0.25, 0.3) is 0 Å². The number of ketones is 1. The van der Waals surface area contributed by atoms with Crippen LogP contribution < -0.4 is 37.6 Å². The van der Waals surface area contributed by atoms with Crippen molar-refractivity contribution in [3.05, 3.63) is 29.8 Å². The first-order chi connectivity index (χ1) is 22.2. The highest BCUT2D eigenvalue weighted by atomic mass is 16.5. The number of Topliss-reactive ketones (excluding diaryl/α,β-unsaturated/α-hetero) is 1. The SMILES string of the molecule is CC(=O)CCCC(=O)NC(C(=O)N[C@@H](CCCNC(N)=O)C(=O)Nc1ccc(COC(=O)NCC2(NC(C)=O)CCC2)cc1)C(C)C. The van der Waals surface area contributed by atoms with Gasteiger partial charge < -0.3 is 47.2 Å². The summed E-state index contributed by atoms with van der Waals surface area (Å²) >= 11 is 0. The van der Waals surface area contributed by atoms with Crippen LogP contribution in [0.25, 0.3) is 0 Å². The second kappa shape index (κ2) is 19.1. The summed E-state index contributed by atoms with van der Waals surface area (Å²) in [5.41, 5.74) is 5.79. The van der Waals surface area contributed by atoms with Gasteiger partial charge in [0, 0.05) is 38.5 Å². The van der Waals surface area contributed by atoms with Gasteiger partial charge >= 0.3 is 12.1 Å². The molecule has 1 aromatic carbocycles. The van der Waals surface area contributed by atoms with Crippen LogP contribution >= 0.6 is 0 Å². The number of rotatable bonds is 19. The molecule has 0 aliphatic heterocycles. The van der Waals surface area contributed by atoms with Crippen molar-refractivity contribution >= 4 is 47.2 Å². The highest BCUT2D eigenvalue weighted by molar-refractivity contribution is 5.98. The van der Waals surface area contributed by atoms with Gasteiger partial charge in [-0.05, 0) is 69.1 Å². The number of nitrogens with one attached hydrogen (secondary N) is 6. The number of amides is 7. The second-order valence-corrected chi connectivity index (χ2v) is 12.3. The maximum absolute atomic E-state index is 13.3. The molecular weight excluding hydrogens is 610 g/mol. The van der Waals surface area contributed by atoms with E-state index in [2.05, 4.69) is 31.9 Å². The zero-order valence-electron chi connectivity index (χ0n) is 27.7. The minimum Gasteiger partial charge on any atom is -0.445 e. The van der Waals surface area contributed by atoms with E-state index in [1.807, 2.05) is 0 Å². The van der Waals surface area contributed by atoms with Crippen LogP contribution in [0, 0.1) is 5.92 Å². The minimum atomic E-state index is -1.00. The molecule has 15 heteroatoms. The summed E-state index contributed by atoms with van der Waals surface area (Å²) in [6.07, 6.45) is 3.14. The topological polar surface area (TPSA) is 227 Å². The molecule has 1 saturated carbocycles. The number of carbonyl (C=O) groups excluding carboxylic acids is 7. The number of primary amides is 1. The van der Waals surface area contributed by atoms with Gasteiger partial charge in [0.05, 0.1) is 5.54 Å². The predicted octanol–water partition coefficient (Wildman–Crippen LogP) is 1.74. The molecule has 0 radical (unpaired) electrons. The van der Waals surface area contributed by atoms with Crippen molar-refractivity contribution in [3.63, 3.8) is 0 Å². The van der Waals surface area contributed by atoms with E-state index in [0.717, 1.165) is 19.3 Å². The largest absolute Gasteiger partial charge is 0.445 e. The monoisotopic (exact) mass is 659 g/mol. The molecule has 1 aliphatic rings. The van der Waals surface area contributed by atoms with Gasteiger partial charge in [0.1, 0.15) is 24.5 Å². The van der Waals surface area contributed by atoms with E-state index in [0.29, 0.717) is 24.1 Å². The number of alkyl carbamates (subject to hydrolysis) is 1. The molecule has 8 N–H and O–H groups in total. The summed E-state index contributed by atoms with van der Waals surface area (Å²) in [4.78, 5) is 84.9. The summed E-state index contributed by atoms with van der Waals surface area (Å²) in [6, 6.07) is 3.97. The van der Waals surface area contributed by atoms with Gasteiger partial charge in [-0.1, -0.05) is 26.0 Å². The highest BCUT2D eigenvalue weighted by Crippen LogP contribution is 2.31. The standard InChI is InChI=1S/C32H49N7O8/c1-20(2)27(38-26(42)10-5-8-21(3)40)29(44)37-25(9-6-17-34-30(33)45)28(43)36-24-13-11-23(12-14-24)18-47-31(46)35-19-32(15-7-16-32)39-22(4)41/h11-14,20,25,27H,5-10,15-19H2,1-4H3,(H,35,46)(H,36,43)(H,37,44)(H,38,42)(H,39,41)(H3,33,34,45)/t25-,27?/m0/s1. The van der Waals surface area contributed by atoms with Crippen molar-refractivity contribution < 1.29 is 38.3 Å². The Hall–Kier alpha value is -4.69. The lowest BCUT2D eigenvalue weighted by molar-refractivity contribution is -0.132. The van der Waals surface area contributed by atoms with Crippen LogP contribution in [0.2, 0.25) is 0 Å². The van der Waals surface area contributed by atoms with E-state index in [9.17, 15) is 33.6 Å². The molecule has 1 unspecified atom stereocenters. The first-order valence-corrected chi connectivity index (χ1v) is 15.9. The summed E-state index contributed by atoms with van der Waals surface area (Å²) in [7, 11) is 0. The van der Waals surface area contributed by atoms with Gasteiger partial charge in [-0.3, -0.25) is 19.2 Å². The van der Waals surface area contributed by atoms with Crippen molar-refractivity contribution in [2.24, 2.45) is 11.7 Å². The van der Waals surface area contributed by atoms with Crippen molar-refractivity contribution in [1.29, 1.82) is 0 Å². The third kappa shape index (κ3) is 14.5. The van der Waals surface area contributed by atoms with Gasteiger partial charge in [0.2, 0.25) is 23.6 Å². The van der Waals surface area contributed by atoms with Crippen molar-refractivity contribution in [2.75, 3.05) is 18.4 Å². The van der Waals surface area contributed by atoms with Crippen LogP contribution in [0.5, 0.6) is 0 Å².